The van der Waals surface area contributed by atoms with Crippen molar-refractivity contribution >= 4 is 39.2 Å². The number of methoxy groups -OCH3 is 4. The minimum Gasteiger partial charge on any atom is -0.490 e. The van der Waals surface area contributed by atoms with Gasteiger partial charge in [-0.05, 0) is 18.1 Å². The molecule has 2 rings (SSSR count). The van der Waals surface area contributed by atoms with E-state index in [0.29, 0.717) is 16.5 Å². The van der Waals surface area contributed by atoms with Gasteiger partial charge in [-0.1, -0.05) is 15.9 Å². The highest BCUT2D eigenvalue weighted by Crippen LogP contribution is 2.32. The van der Waals surface area contributed by atoms with Crippen molar-refractivity contribution in [2.75, 3.05) is 28.4 Å². The molecule has 0 heterocycles. The lowest BCUT2D eigenvalue weighted by Gasteiger charge is -2.08. The number of carbonyl (C=O) groups excluding carboxylic acids is 2. The maximum Gasteiger partial charge on any atom is 0.338 e. The Balaban J connectivity index is 0.000000331. The van der Waals surface area contributed by atoms with E-state index in [2.05, 4.69) is 25.4 Å². The van der Waals surface area contributed by atoms with E-state index in [1.54, 1.807) is 6.92 Å². The van der Waals surface area contributed by atoms with E-state index in [1.165, 1.54) is 52.7 Å². The molecule has 13 heteroatoms. The molecule has 0 spiro atoms. The summed E-state index contributed by atoms with van der Waals surface area (Å²) in [5.41, 5.74) is 1.09. The average molecular weight is 529 g/mol. The second-order valence-electron chi connectivity index (χ2n) is 6.15. The molecule has 33 heavy (non-hydrogen) atoms. The molecule has 2 aromatic carbocycles. The molecule has 0 unspecified atom stereocenters. The third-order valence-corrected chi connectivity index (χ3v) is 4.88. The van der Waals surface area contributed by atoms with Gasteiger partial charge >= 0.3 is 23.3 Å². The molecule has 12 nitrogen and oxygen atoms in total. The first-order valence-corrected chi connectivity index (χ1v) is 10.1. The van der Waals surface area contributed by atoms with Crippen LogP contribution in [0.15, 0.2) is 24.3 Å². The Hall–Kier alpha value is -3.74. The minimum atomic E-state index is -0.563. The number of nitro benzene ring substituents is 2. The van der Waals surface area contributed by atoms with Gasteiger partial charge in [0.15, 0.2) is 11.5 Å². The molecule has 0 aliphatic heterocycles. The number of esters is 2. The Kier molecular flexibility index (Phi) is 10.2. The lowest BCUT2D eigenvalue weighted by atomic mass is 10.1. The predicted molar refractivity (Wildman–Crippen MR) is 119 cm³/mol. The van der Waals surface area contributed by atoms with E-state index < -0.39 is 21.8 Å². The number of nitro groups is 2. The molecule has 0 fully saturated rings. The van der Waals surface area contributed by atoms with Crippen LogP contribution < -0.4 is 9.47 Å². The summed E-state index contributed by atoms with van der Waals surface area (Å²) in [6.45, 7) is 1.60. The molecule has 0 radical (unpaired) electrons. The van der Waals surface area contributed by atoms with Crippen LogP contribution >= 0.6 is 15.9 Å². The normalized spacial score (nSPS) is 9.76. The molecule has 0 aliphatic carbocycles. The van der Waals surface area contributed by atoms with E-state index in [9.17, 15) is 29.8 Å². The van der Waals surface area contributed by atoms with E-state index in [0.717, 1.165) is 0 Å². The van der Waals surface area contributed by atoms with Gasteiger partial charge in [0, 0.05) is 29.6 Å². The second kappa shape index (κ2) is 12.3. The van der Waals surface area contributed by atoms with Crippen LogP contribution in [0.25, 0.3) is 0 Å². The monoisotopic (exact) mass is 528 g/mol. The van der Waals surface area contributed by atoms with Crippen molar-refractivity contribution in [2.24, 2.45) is 0 Å². The van der Waals surface area contributed by atoms with Gasteiger partial charge in [-0.15, -0.1) is 0 Å². The summed E-state index contributed by atoms with van der Waals surface area (Å²) in [5, 5.41) is 21.8. The highest BCUT2D eigenvalue weighted by atomic mass is 79.9. The van der Waals surface area contributed by atoms with Crippen molar-refractivity contribution < 1.29 is 38.4 Å². The van der Waals surface area contributed by atoms with Crippen molar-refractivity contribution in [3.05, 3.63) is 66.7 Å². The number of halogens is 1. The van der Waals surface area contributed by atoms with Crippen LogP contribution in [-0.2, 0) is 14.8 Å². The number of hydrogen-bond acceptors (Lipinski definition) is 10. The SMILES string of the molecule is COC(=O)c1cc(OC)c([N+](=O)[O-])cc1C.COC(=O)c1cc(OC)c([N+](=O)[O-])cc1CBr. The standard InChI is InChI=1S/C10H10BrNO5.C10H11NO5/c1-16-9-4-7(10(13)17-2)6(5-11)3-8(9)12(14)15;1-6-4-8(11(13)14)9(15-2)5-7(6)10(12)16-3/h3-4H,5H2,1-2H3;4-5H,1-3H3. The second-order valence-corrected chi connectivity index (χ2v) is 6.71. The van der Waals surface area contributed by atoms with E-state index in [-0.39, 0.29) is 34.0 Å². The Morgan fingerprint density at radius 2 is 1.24 bits per heavy atom. The molecule has 0 atom stereocenters. The Bertz CT molecular complexity index is 1070. The van der Waals surface area contributed by atoms with Gasteiger partial charge in [-0.2, -0.15) is 0 Å². The molecular weight excluding hydrogens is 508 g/mol. The predicted octanol–water partition coefficient (Wildman–Crippen LogP) is 3.98. The molecular formula is C20H21BrN2O10. The van der Waals surface area contributed by atoms with E-state index in [4.69, 9.17) is 9.47 Å². The van der Waals surface area contributed by atoms with Crippen molar-refractivity contribution in [3.8, 4) is 11.5 Å². The number of ether oxygens (including phenoxy) is 4. The first-order chi connectivity index (χ1) is 15.6. The van der Waals surface area contributed by atoms with Gasteiger partial charge < -0.3 is 18.9 Å². The smallest absolute Gasteiger partial charge is 0.338 e. The molecule has 0 saturated heterocycles. The first-order valence-electron chi connectivity index (χ1n) is 8.97. The zero-order valence-corrected chi connectivity index (χ0v) is 20.0. The van der Waals surface area contributed by atoms with Gasteiger partial charge in [0.05, 0.1) is 49.4 Å². The van der Waals surface area contributed by atoms with Gasteiger partial charge in [0.25, 0.3) is 0 Å². The van der Waals surface area contributed by atoms with Crippen molar-refractivity contribution in [1.29, 1.82) is 0 Å². The summed E-state index contributed by atoms with van der Waals surface area (Å²) in [6.07, 6.45) is 0. The fourth-order valence-electron chi connectivity index (χ4n) is 2.64. The molecule has 0 bridgehead atoms. The van der Waals surface area contributed by atoms with Gasteiger partial charge in [-0.3, -0.25) is 20.2 Å². The Morgan fingerprint density at radius 1 is 0.818 bits per heavy atom. The summed E-state index contributed by atoms with van der Waals surface area (Å²) in [4.78, 5) is 43.2. The van der Waals surface area contributed by atoms with Crippen LogP contribution in [0.1, 0.15) is 31.8 Å². The third kappa shape index (κ3) is 6.62. The highest BCUT2D eigenvalue weighted by molar-refractivity contribution is 9.08. The van der Waals surface area contributed by atoms with Crippen LogP contribution in [0.5, 0.6) is 11.5 Å². The zero-order valence-electron chi connectivity index (χ0n) is 18.4. The summed E-state index contributed by atoms with van der Waals surface area (Å²) < 4.78 is 18.9. The number of benzene rings is 2. The van der Waals surface area contributed by atoms with Gasteiger partial charge in [-0.25, -0.2) is 9.59 Å². The lowest BCUT2D eigenvalue weighted by molar-refractivity contribution is -0.385. The molecule has 0 aliphatic rings. The highest BCUT2D eigenvalue weighted by Gasteiger charge is 2.22. The molecule has 0 N–H and O–H groups in total. The Labute approximate surface area is 196 Å². The summed E-state index contributed by atoms with van der Waals surface area (Å²) in [6, 6.07) is 5.19. The molecule has 0 amide bonds. The number of nitrogens with zero attached hydrogens (tertiary/aromatic N) is 2. The number of hydrogen-bond donors (Lipinski definition) is 0. The van der Waals surface area contributed by atoms with Crippen LogP contribution in [0.3, 0.4) is 0 Å². The molecule has 0 aromatic heterocycles. The van der Waals surface area contributed by atoms with E-state index in [1.807, 2.05) is 0 Å². The van der Waals surface area contributed by atoms with Crippen LogP contribution in [0, 0.1) is 27.2 Å². The third-order valence-electron chi connectivity index (χ3n) is 4.28. The maximum absolute atomic E-state index is 11.5. The number of rotatable bonds is 7. The fraction of sp³-hybridized carbons (Fsp3) is 0.300. The van der Waals surface area contributed by atoms with Gasteiger partial charge in [0.1, 0.15) is 0 Å². The summed E-state index contributed by atoms with van der Waals surface area (Å²) >= 11 is 3.16. The average Bonchev–Trinajstić information content (AvgIpc) is 2.81. The van der Waals surface area contributed by atoms with Crippen LogP contribution in [-0.4, -0.2) is 50.2 Å². The van der Waals surface area contributed by atoms with Crippen molar-refractivity contribution in [2.45, 2.75) is 12.3 Å². The topological polar surface area (TPSA) is 157 Å². The zero-order chi connectivity index (χ0) is 25.3. The Morgan fingerprint density at radius 3 is 1.64 bits per heavy atom. The number of carbonyl (C=O) groups is 2. The van der Waals surface area contributed by atoms with Crippen LogP contribution in [0.4, 0.5) is 11.4 Å². The summed E-state index contributed by atoms with van der Waals surface area (Å²) in [7, 11) is 5.10. The van der Waals surface area contributed by atoms with Gasteiger partial charge in [0.2, 0.25) is 0 Å². The first kappa shape index (κ1) is 27.3. The fourth-order valence-corrected chi connectivity index (χ4v) is 3.10. The van der Waals surface area contributed by atoms with Crippen molar-refractivity contribution in [1.82, 2.24) is 0 Å². The lowest BCUT2D eigenvalue weighted by Crippen LogP contribution is -2.07. The van der Waals surface area contributed by atoms with Crippen molar-refractivity contribution in [3.63, 3.8) is 0 Å². The van der Waals surface area contributed by atoms with E-state index >= 15 is 0 Å². The molecule has 2 aromatic rings. The summed E-state index contributed by atoms with van der Waals surface area (Å²) in [5.74, 6) is -1.05. The largest absolute Gasteiger partial charge is 0.490 e. The number of aryl methyl sites for hydroxylation is 1. The minimum absolute atomic E-state index is 0.0279. The van der Waals surface area contributed by atoms with Crippen LogP contribution in [0.2, 0.25) is 0 Å². The molecule has 0 saturated carbocycles. The number of alkyl halides is 1. The quantitative estimate of drug-likeness (QED) is 0.222. The molecule has 178 valence electrons. The maximum atomic E-state index is 11.5.